The quantitative estimate of drug-likeness (QED) is 0.311. The second-order valence-electron chi connectivity index (χ2n) is 5.07. The van der Waals surface area contributed by atoms with Crippen LogP contribution >= 0.6 is 7.82 Å². The lowest BCUT2D eigenvalue weighted by atomic mass is 10.1. The number of nitrogens with one attached hydrogen (secondary N) is 1. The van der Waals surface area contributed by atoms with Gasteiger partial charge in [-0.25, -0.2) is 9.55 Å². The number of ether oxygens (including phenoxy) is 1. The maximum absolute atomic E-state index is 11.8. The van der Waals surface area contributed by atoms with E-state index in [0.29, 0.717) is 0 Å². The minimum absolute atomic E-state index is 0.0358. The predicted molar refractivity (Wildman–Crippen MR) is 76.5 cm³/mol. The van der Waals surface area contributed by atoms with E-state index in [4.69, 9.17) is 20.3 Å². The van der Waals surface area contributed by atoms with Crippen molar-refractivity contribution >= 4 is 24.9 Å². The lowest BCUT2D eigenvalue weighted by Crippen LogP contribution is -2.34. The zero-order valence-corrected chi connectivity index (χ0v) is 12.8. The van der Waals surface area contributed by atoms with Gasteiger partial charge in [-0.3, -0.25) is 18.9 Å². The number of phosphoric acid groups is 1. The van der Waals surface area contributed by atoms with Gasteiger partial charge in [-0.1, -0.05) is 0 Å². The zero-order chi connectivity index (χ0) is 17.6. The molecule has 0 unspecified atom stereocenters. The molecule has 0 bridgehead atoms. The molecule has 132 valence electrons. The number of nitrogens with zero attached hydrogens (tertiary/aromatic N) is 3. The van der Waals surface area contributed by atoms with Gasteiger partial charge in [0.15, 0.2) is 17.4 Å². The molecule has 1 aliphatic rings. The molecule has 2 aromatic heterocycles. The Kier molecular flexibility index (Phi) is 4.17. The molecular formula is C10H14N5O8P. The molecule has 1 aliphatic heterocycles. The number of rotatable bonds is 4. The number of fused-ring (bicyclic) bond motifs is 1. The monoisotopic (exact) mass is 363 g/mol. The van der Waals surface area contributed by atoms with E-state index in [1.807, 2.05) is 0 Å². The molecule has 3 heterocycles. The molecular weight excluding hydrogens is 349 g/mol. The SMILES string of the molecule is Nc1nc2c(ncn2[C@@H]2O[C@H](CO)[C@@H](O)[C@@H]2OP(=O)(O)O)c(=O)[nH]1. The molecule has 4 atom stereocenters. The van der Waals surface area contributed by atoms with Crippen molar-refractivity contribution in [3.8, 4) is 0 Å². The zero-order valence-electron chi connectivity index (χ0n) is 11.9. The van der Waals surface area contributed by atoms with Crippen LogP contribution in [0, 0.1) is 0 Å². The third-order valence-corrected chi connectivity index (χ3v) is 3.99. The Labute approximate surface area is 132 Å². The highest BCUT2D eigenvalue weighted by Gasteiger charge is 2.48. The largest absolute Gasteiger partial charge is 0.470 e. The Morgan fingerprint density at radius 1 is 1.50 bits per heavy atom. The predicted octanol–water partition coefficient (Wildman–Crippen LogP) is -2.57. The van der Waals surface area contributed by atoms with Gasteiger partial charge < -0.3 is 30.5 Å². The number of nitrogen functional groups attached to an aromatic ring is 1. The van der Waals surface area contributed by atoms with Crippen LogP contribution in [-0.4, -0.2) is 64.4 Å². The maximum Gasteiger partial charge on any atom is 0.470 e. The number of aromatic nitrogens is 4. The minimum Gasteiger partial charge on any atom is -0.394 e. The maximum atomic E-state index is 11.8. The molecule has 24 heavy (non-hydrogen) atoms. The van der Waals surface area contributed by atoms with E-state index < -0.39 is 44.5 Å². The summed E-state index contributed by atoms with van der Waals surface area (Å²) in [5.41, 5.74) is 4.72. The van der Waals surface area contributed by atoms with E-state index in [2.05, 4.69) is 19.5 Å². The van der Waals surface area contributed by atoms with Crippen LogP contribution in [0.25, 0.3) is 11.2 Å². The van der Waals surface area contributed by atoms with Crippen molar-refractivity contribution < 1.29 is 33.8 Å². The van der Waals surface area contributed by atoms with Gasteiger partial charge >= 0.3 is 7.82 Å². The first kappa shape index (κ1) is 17.0. The van der Waals surface area contributed by atoms with Crippen LogP contribution in [-0.2, 0) is 13.8 Å². The molecule has 1 saturated heterocycles. The standard InChI is InChI=1S/C10H14N5O8P/c11-10-13-7-4(8(18)14-10)12-2-15(7)9-6(23-24(19,20)21)5(17)3(1-16)22-9/h2-3,5-6,9,16-17H,1H2,(H2,19,20,21)(H3,11,13,14,18)/t3-,5-,6+,9-/m1/s1. The molecule has 0 aliphatic carbocycles. The number of imidazole rings is 1. The van der Waals surface area contributed by atoms with Gasteiger partial charge in [-0.2, -0.15) is 4.98 Å². The van der Waals surface area contributed by atoms with Gasteiger partial charge in [0.2, 0.25) is 5.95 Å². The summed E-state index contributed by atoms with van der Waals surface area (Å²) in [5.74, 6) is -0.209. The summed E-state index contributed by atoms with van der Waals surface area (Å²) in [4.78, 5) is 39.8. The fraction of sp³-hybridized carbons (Fsp3) is 0.500. The fourth-order valence-electron chi connectivity index (χ4n) is 2.49. The number of anilines is 1. The van der Waals surface area contributed by atoms with Crippen LogP contribution in [0.15, 0.2) is 11.1 Å². The number of phosphoric ester groups is 1. The first-order valence-electron chi connectivity index (χ1n) is 6.62. The van der Waals surface area contributed by atoms with Gasteiger partial charge in [-0.05, 0) is 0 Å². The van der Waals surface area contributed by atoms with Crippen LogP contribution in [0.4, 0.5) is 5.95 Å². The summed E-state index contributed by atoms with van der Waals surface area (Å²) in [5, 5.41) is 19.3. The van der Waals surface area contributed by atoms with E-state index in [0.717, 1.165) is 10.9 Å². The van der Waals surface area contributed by atoms with Crippen molar-refractivity contribution in [2.75, 3.05) is 12.3 Å². The van der Waals surface area contributed by atoms with Gasteiger partial charge in [0, 0.05) is 0 Å². The van der Waals surface area contributed by atoms with Gasteiger partial charge in [-0.15, -0.1) is 0 Å². The molecule has 3 rings (SSSR count). The van der Waals surface area contributed by atoms with Crippen molar-refractivity contribution in [2.24, 2.45) is 0 Å². The summed E-state index contributed by atoms with van der Waals surface area (Å²) in [6.07, 6.45) is -4.42. The molecule has 13 nitrogen and oxygen atoms in total. The van der Waals surface area contributed by atoms with Crippen molar-refractivity contribution in [1.82, 2.24) is 19.5 Å². The number of aliphatic hydroxyl groups is 2. The molecule has 0 radical (unpaired) electrons. The van der Waals surface area contributed by atoms with E-state index in [1.54, 1.807) is 0 Å². The Morgan fingerprint density at radius 2 is 2.21 bits per heavy atom. The summed E-state index contributed by atoms with van der Waals surface area (Å²) in [6, 6.07) is 0. The number of aromatic amines is 1. The van der Waals surface area contributed by atoms with Crippen LogP contribution in [0.5, 0.6) is 0 Å². The van der Waals surface area contributed by atoms with E-state index in [1.165, 1.54) is 0 Å². The molecule has 0 amide bonds. The van der Waals surface area contributed by atoms with Crippen molar-refractivity contribution in [2.45, 2.75) is 24.5 Å². The van der Waals surface area contributed by atoms with Crippen LogP contribution in [0.3, 0.4) is 0 Å². The Hall–Kier alpha value is -1.86. The topological polar surface area (TPSA) is 206 Å². The van der Waals surface area contributed by atoms with E-state index in [-0.39, 0.29) is 17.1 Å². The smallest absolute Gasteiger partial charge is 0.394 e. The third-order valence-electron chi connectivity index (χ3n) is 3.48. The van der Waals surface area contributed by atoms with Crippen molar-refractivity contribution in [3.63, 3.8) is 0 Å². The molecule has 1 fully saturated rings. The average molecular weight is 363 g/mol. The first-order chi connectivity index (χ1) is 11.2. The highest BCUT2D eigenvalue weighted by molar-refractivity contribution is 7.46. The van der Waals surface area contributed by atoms with Crippen LogP contribution in [0.2, 0.25) is 0 Å². The Bertz CT molecular complexity index is 861. The highest BCUT2D eigenvalue weighted by atomic mass is 31.2. The second kappa shape index (κ2) is 5.89. The summed E-state index contributed by atoms with van der Waals surface area (Å²) in [7, 11) is -4.98. The van der Waals surface area contributed by atoms with Crippen LogP contribution in [0.1, 0.15) is 6.23 Å². The van der Waals surface area contributed by atoms with Gasteiger partial charge in [0.25, 0.3) is 5.56 Å². The summed E-state index contributed by atoms with van der Waals surface area (Å²) < 4.78 is 22.2. The number of hydrogen-bond donors (Lipinski definition) is 6. The lowest BCUT2D eigenvalue weighted by Gasteiger charge is -2.22. The molecule has 0 saturated carbocycles. The minimum atomic E-state index is -4.98. The molecule has 0 spiro atoms. The number of aliphatic hydroxyl groups excluding tert-OH is 2. The Balaban J connectivity index is 2.09. The highest BCUT2D eigenvalue weighted by Crippen LogP contribution is 2.44. The van der Waals surface area contributed by atoms with Crippen molar-refractivity contribution in [1.29, 1.82) is 0 Å². The van der Waals surface area contributed by atoms with Crippen molar-refractivity contribution in [3.05, 3.63) is 16.7 Å². The second-order valence-corrected chi connectivity index (χ2v) is 6.27. The Morgan fingerprint density at radius 3 is 2.83 bits per heavy atom. The number of nitrogens with two attached hydrogens (primary N) is 1. The molecule has 2 aromatic rings. The summed E-state index contributed by atoms with van der Waals surface area (Å²) >= 11 is 0. The molecule has 0 aromatic carbocycles. The van der Waals surface area contributed by atoms with Crippen LogP contribution < -0.4 is 11.3 Å². The van der Waals surface area contributed by atoms with Gasteiger partial charge in [0.05, 0.1) is 12.9 Å². The molecule has 7 N–H and O–H groups in total. The van der Waals surface area contributed by atoms with E-state index in [9.17, 15) is 19.6 Å². The normalized spacial score (nSPS) is 27.8. The van der Waals surface area contributed by atoms with E-state index >= 15 is 0 Å². The molecule has 14 heteroatoms. The average Bonchev–Trinajstić information content (AvgIpc) is 3.00. The summed E-state index contributed by atoms with van der Waals surface area (Å²) in [6.45, 7) is -0.624. The first-order valence-corrected chi connectivity index (χ1v) is 8.15. The number of H-pyrrole nitrogens is 1. The van der Waals surface area contributed by atoms with Gasteiger partial charge in [0.1, 0.15) is 18.3 Å². The lowest BCUT2D eigenvalue weighted by molar-refractivity contribution is -0.0505. The fourth-order valence-corrected chi connectivity index (χ4v) is 3.04. The number of hydrogen-bond acceptors (Lipinski definition) is 9. The third kappa shape index (κ3) is 2.93.